The van der Waals surface area contributed by atoms with E-state index < -0.39 is 6.10 Å². The van der Waals surface area contributed by atoms with E-state index in [4.69, 9.17) is 14.2 Å². The lowest BCUT2D eigenvalue weighted by Crippen LogP contribution is -2.30. The lowest BCUT2D eigenvalue weighted by molar-refractivity contribution is -0.167. The van der Waals surface area contributed by atoms with Gasteiger partial charge in [0.15, 0.2) is 6.10 Å². The number of carbonyl (C=O) groups excluding carboxylic acids is 3. The summed E-state index contributed by atoms with van der Waals surface area (Å²) in [5.74, 6) is -0.881. The molecule has 74 heavy (non-hydrogen) atoms. The fourth-order valence-electron chi connectivity index (χ4n) is 9.61. The highest BCUT2D eigenvalue weighted by molar-refractivity contribution is 5.71. The molecule has 1 unspecified atom stereocenters. The van der Waals surface area contributed by atoms with Crippen molar-refractivity contribution in [2.75, 3.05) is 13.2 Å². The second kappa shape index (κ2) is 62.9. The first-order valence-electron chi connectivity index (χ1n) is 32.6. The summed E-state index contributed by atoms with van der Waals surface area (Å²) in [5.41, 5.74) is 0. The summed E-state index contributed by atoms with van der Waals surface area (Å²) in [6, 6.07) is 0. The van der Waals surface area contributed by atoms with Gasteiger partial charge in [0.25, 0.3) is 0 Å². The van der Waals surface area contributed by atoms with Crippen molar-refractivity contribution >= 4 is 17.9 Å². The van der Waals surface area contributed by atoms with Crippen LogP contribution in [0.4, 0.5) is 0 Å². The van der Waals surface area contributed by atoms with E-state index in [0.29, 0.717) is 19.3 Å². The Morgan fingerprint density at radius 2 is 0.500 bits per heavy atom. The molecule has 432 valence electrons. The van der Waals surface area contributed by atoms with Gasteiger partial charge in [0.05, 0.1) is 0 Å². The Hall–Kier alpha value is -2.63. The molecule has 6 nitrogen and oxygen atoms in total. The molecule has 0 amide bonds. The van der Waals surface area contributed by atoms with Gasteiger partial charge in [-0.3, -0.25) is 14.4 Å². The Morgan fingerprint density at radius 1 is 0.270 bits per heavy atom. The van der Waals surface area contributed by atoms with Crippen LogP contribution in [0.3, 0.4) is 0 Å². The van der Waals surface area contributed by atoms with Gasteiger partial charge in [0.2, 0.25) is 0 Å². The van der Waals surface area contributed by atoms with Crippen LogP contribution < -0.4 is 0 Å². The number of hydrogen-bond donors (Lipinski definition) is 0. The summed E-state index contributed by atoms with van der Waals surface area (Å²) in [6.45, 7) is 6.62. The van der Waals surface area contributed by atoms with Crippen molar-refractivity contribution in [2.45, 2.75) is 354 Å². The molecule has 0 aliphatic heterocycles. The number of allylic oxidation sites excluding steroid dienone is 8. The predicted octanol–water partition coefficient (Wildman–Crippen LogP) is 22.2. The molecule has 0 aromatic carbocycles. The molecule has 0 spiro atoms. The standard InChI is InChI=1S/C68H124O6/c1-4-7-10-13-16-19-22-24-26-28-30-32-33-34-36-37-39-41-43-46-49-52-55-58-61-67(70)73-64-65(63-72-66(69)60-57-54-51-48-45-21-18-15-12-9-6-3)74-68(71)62-59-56-53-50-47-44-42-40-38-35-31-29-27-25-23-20-17-14-11-8-5-2/h15,18,23,25,29,31,38,40,65H,4-14,16-17,19-22,24,26-28,30,32-37,39,41-64H2,1-3H3/b18-15-,25-23-,31-29-,40-38-. The van der Waals surface area contributed by atoms with Crippen molar-refractivity contribution in [2.24, 2.45) is 0 Å². The molecule has 0 heterocycles. The fraction of sp³-hybridized carbons (Fsp3) is 0.838. The lowest BCUT2D eigenvalue weighted by atomic mass is 10.0. The van der Waals surface area contributed by atoms with Crippen molar-refractivity contribution < 1.29 is 28.6 Å². The highest BCUT2D eigenvalue weighted by atomic mass is 16.6. The number of ether oxygens (including phenoxy) is 3. The summed E-state index contributed by atoms with van der Waals surface area (Å²) in [7, 11) is 0. The molecule has 0 rings (SSSR count). The van der Waals surface area contributed by atoms with Crippen LogP contribution in [-0.2, 0) is 28.6 Å². The van der Waals surface area contributed by atoms with Crippen molar-refractivity contribution in [1.82, 2.24) is 0 Å². The maximum atomic E-state index is 12.9. The monoisotopic (exact) mass is 1040 g/mol. The van der Waals surface area contributed by atoms with Crippen molar-refractivity contribution in [1.29, 1.82) is 0 Å². The van der Waals surface area contributed by atoms with Crippen molar-refractivity contribution in [3.05, 3.63) is 48.6 Å². The molecule has 0 aromatic heterocycles. The predicted molar refractivity (Wildman–Crippen MR) is 321 cm³/mol. The van der Waals surface area contributed by atoms with Crippen molar-refractivity contribution in [3.63, 3.8) is 0 Å². The van der Waals surface area contributed by atoms with E-state index in [-0.39, 0.29) is 31.1 Å². The minimum Gasteiger partial charge on any atom is -0.462 e. The van der Waals surface area contributed by atoms with Gasteiger partial charge in [-0.15, -0.1) is 0 Å². The van der Waals surface area contributed by atoms with Gasteiger partial charge < -0.3 is 14.2 Å². The van der Waals surface area contributed by atoms with Gasteiger partial charge in [0.1, 0.15) is 13.2 Å². The zero-order valence-electron chi connectivity index (χ0n) is 49.6. The molecule has 0 aromatic rings. The summed E-state index contributed by atoms with van der Waals surface area (Å²) in [6.07, 6.45) is 78.4. The van der Waals surface area contributed by atoms with Crippen LogP contribution >= 0.6 is 0 Å². The van der Waals surface area contributed by atoms with Crippen LogP contribution in [0.5, 0.6) is 0 Å². The average molecular weight is 1040 g/mol. The molecule has 0 saturated heterocycles. The van der Waals surface area contributed by atoms with E-state index in [0.717, 1.165) is 83.5 Å². The van der Waals surface area contributed by atoms with Gasteiger partial charge in [-0.05, 0) is 77.0 Å². The van der Waals surface area contributed by atoms with Gasteiger partial charge in [0, 0.05) is 19.3 Å². The van der Waals surface area contributed by atoms with E-state index in [1.165, 1.54) is 225 Å². The van der Waals surface area contributed by atoms with Crippen LogP contribution in [0.15, 0.2) is 48.6 Å². The Kier molecular flexibility index (Phi) is 60.7. The van der Waals surface area contributed by atoms with Gasteiger partial charge in [-0.1, -0.05) is 301 Å². The van der Waals surface area contributed by atoms with E-state index in [2.05, 4.69) is 69.4 Å². The Bertz CT molecular complexity index is 1280. The smallest absolute Gasteiger partial charge is 0.306 e. The van der Waals surface area contributed by atoms with Crippen molar-refractivity contribution in [3.8, 4) is 0 Å². The third kappa shape index (κ3) is 60.2. The second-order valence-corrected chi connectivity index (χ2v) is 22.0. The number of rotatable bonds is 60. The minimum atomic E-state index is -0.782. The van der Waals surface area contributed by atoms with Gasteiger partial charge >= 0.3 is 17.9 Å². The third-order valence-corrected chi connectivity index (χ3v) is 14.6. The zero-order valence-corrected chi connectivity index (χ0v) is 49.6. The Balaban J connectivity index is 4.25. The lowest BCUT2D eigenvalue weighted by Gasteiger charge is -2.18. The van der Waals surface area contributed by atoms with Crippen LogP contribution in [0.25, 0.3) is 0 Å². The van der Waals surface area contributed by atoms with E-state index in [1.807, 2.05) is 0 Å². The molecule has 1 atom stereocenters. The highest BCUT2D eigenvalue weighted by Crippen LogP contribution is 2.17. The molecule has 0 aliphatic carbocycles. The maximum Gasteiger partial charge on any atom is 0.306 e. The SMILES string of the molecule is CCCC/C=C\CCCCCCCC(=O)OCC(COC(=O)CCCCCCCCCCCCCCCCCCCCCCCCCC)OC(=O)CCCCCCCC/C=C\C/C=C\C/C=C\CCCCCCC. The molecule has 0 saturated carbocycles. The van der Waals surface area contributed by atoms with E-state index >= 15 is 0 Å². The Labute approximate surface area is 460 Å². The number of hydrogen-bond acceptors (Lipinski definition) is 6. The van der Waals surface area contributed by atoms with Crippen LogP contribution in [-0.4, -0.2) is 37.2 Å². The zero-order chi connectivity index (χ0) is 53.6. The van der Waals surface area contributed by atoms with Gasteiger partial charge in [-0.2, -0.15) is 0 Å². The first kappa shape index (κ1) is 71.4. The fourth-order valence-corrected chi connectivity index (χ4v) is 9.61. The first-order valence-corrected chi connectivity index (χ1v) is 32.6. The molecule has 6 heteroatoms. The highest BCUT2D eigenvalue weighted by Gasteiger charge is 2.19. The molecule has 0 aliphatic rings. The number of esters is 3. The summed E-state index contributed by atoms with van der Waals surface area (Å²) in [4.78, 5) is 38.3. The maximum absolute atomic E-state index is 12.9. The van der Waals surface area contributed by atoms with Crippen LogP contribution in [0, 0.1) is 0 Å². The normalized spacial score (nSPS) is 12.3. The molecule has 0 radical (unpaired) electrons. The summed E-state index contributed by atoms with van der Waals surface area (Å²) >= 11 is 0. The number of carbonyl (C=O) groups is 3. The van der Waals surface area contributed by atoms with Gasteiger partial charge in [-0.25, -0.2) is 0 Å². The molecule has 0 N–H and O–H groups in total. The quantitative estimate of drug-likeness (QED) is 0.0261. The molecular weight excluding hydrogens is 913 g/mol. The largest absolute Gasteiger partial charge is 0.462 e. The van der Waals surface area contributed by atoms with Crippen LogP contribution in [0.2, 0.25) is 0 Å². The average Bonchev–Trinajstić information content (AvgIpc) is 3.40. The molecule has 0 bridgehead atoms. The first-order chi connectivity index (χ1) is 36.5. The topological polar surface area (TPSA) is 78.9 Å². The number of unbranched alkanes of at least 4 members (excludes halogenated alkanes) is 41. The second-order valence-electron chi connectivity index (χ2n) is 22.0. The third-order valence-electron chi connectivity index (χ3n) is 14.6. The molecule has 0 fully saturated rings. The Morgan fingerprint density at radius 3 is 0.811 bits per heavy atom. The summed E-state index contributed by atoms with van der Waals surface area (Å²) < 4.78 is 16.9. The van der Waals surface area contributed by atoms with E-state index in [9.17, 15) is 14.4 Å². The minimum absolute atomic E-state index is 0.0778. The van der Waals surface area contributed by atoms with E-state index in [1.54, 1.807) is 0 Å². The summed E-state index contributed by atoms with van der Waals surface area (Å²) in [5, 5.41) is 0. The van der Waals surface area contributed by atoms with Crippen LogP contribution in [0.1, 0.15) is 348 Å². The molecular formula is C68H124O6.